The maximum absolute atomic E-state index is 6.34. The van der Waals surface area contributed by atoms with Gasteiger partial charge in [-0.15, -0.1) is 0 Å². The van der Waals surface area contributed by atoms with Crippen molar-refractivity contribution in [2.75, 3.05) is 52.9 Å². The van der Waals surface area contributed by atoms with Crippen LogP contribution in [0, 0.1) is 0 Å². The van der Waals surface area contributed by atoms with Crippen molar-refractivity contribution in [3.8, 4) is 0 Å². The highest BCUT2D eigenvalue weighted by Crippen LogP contribution is 2.19. The normalized spacial score (nSPS) is 17.5. The van der Waals surface area contributed by atoms with Crippen molar-refractivity contribution in [3.63, 3.8) is 0 Å². The lowest BCUT2D eigenvalue weighted by Crippen LogP contribution is -2.54. The molecule has 0 aliphatic carbocycles. The molecule has 0 saturated heterocycles. The zero-order valence-corrected chi connectivity index (χ0v) is 23.6. The second-order valence-corrected chi connectivity index (χ2v) is 9.84. The Kier molecular flexibility index (Phi) is 21.1. The minimum absolute atomic E-state index is 0.0609. The molecular weight excluding hydrogens is 444 g/mol. The summed E-state index contributed by atoms with van der Waals surface area (Å²) in [6.45, 7) is 20.0. The molecule has 200 valence electrons. The molecule has 0 N–H and O–H groups in total. The van der Waals surface area contributed by atoms with Crippen LogP contribution < -0.4 is 0 Å². The number of hydrogen-bond donors (Lipinski definition) is 0. The zero-order valence-electron chi connectivity index (χ0n) is 22.6. The first-order chi connectivity index (χ1) is 16.0. The molecule has 0 radical (unpaired) electrons. The Hall–Kier alpha value is -0.103. The van der Waals surface area contributed by atoms with E-state index in [4.69, 9.17) is 36.7 Å². The Morgan fingerprint density at radius 3 is 0.758 bits per heavy atom. The Labute approximate surface area is 204 Å². The quantitative estimate of drug-likeness (QED) is 0.177. The van der Waals surface area contributed by atoms with Crippen molar-refractivity contribution in [3.05, 3.63) is 0 Å². The van der Waals surface area contributed by atoms with E-state index in [-0.39, 0.29) is 24.4 Å². The molecule has 8 nitrogen and oxygen atoms in total. The van der Waals surface area contributed by atoms with Gasteiger partial charge in [-0.3, -0.25) is 0 Å². The molecule has 0 amide bonds. The minimum atomic E-state index is -3.55. The van der Waals surface area contributed by atoms with Gasteiger partial charge in [0, 0.05) is 26.4 Å². The van der Waals surface area contributed by atoms with Crippen LogP contribution in [0.2, 0.25) is 0 Å². The van der Waals surface area contributed by atoms with Crippen LogP contribution in [0.3, 0.4) is 0 Å². The zero-order chi connectivity index (χ0) is 25.0. The summed E-state index contributed by atoms with van der Waals surface area (Å²) >= 11 is 0. The lowest BCUT2D eigenvalue weighted by Gasteiger charge is -2.33. The van der Waals surface area contributed by atoms with E-state index in [1.807, 2.05) is 27.7 Å². The molecule has 4 unspecified atom stereocenters. The number of ether oxygens (including phenoxy) is 4. The first-order valence-electron chi connectivity index (χ1n) is 13.0. The van der Waals surface area contributed by atoms with E-state index in [0.717, 1.165) is 25.7 Å². The molecule has 33 heavy (non-hydrogen) atoms. The van der Waals surface area contributed by atoms with Crippen molar-refractivity contribution < 1.29 is 36.7 Å². The highest BCUT2D eigenvalue weighted by molar-refractivity contribution is 6.53. The van der Waals surface area contributed by atoms with Gasteiger partial charge in [-0.25, -0.2) is 0 Å². The van der Waals surface area contributed by atoms with E-state index in [1.54, 1.807) is 0 Å². The van der Waals surface area contributed by atoms with Crippen molar-refractivity contribution in [2.24, 2.45) is 0 Å². The van der Waals surface area contributed by atoms with Crippen LogP contribution in [0.5, 0.6) is 0 Å². The fourth-order valence-corrected chi connectivity index (χ4v) is 5.17. The molecule has 0 aromatic heterocycles. The largest absolute Gasteiger partial charge is 0.680 e. The molecule has 0 aromatic rings. The molecule has 0 heterocycles. The van der Waals surface area contributed by atoms with Gasteiger partial charge in [0.15, 0.2) is 0 Å². The van der Waals surface area contributed by atoms with Gasteiger partial charge in [0.25, 0.3) is 0 Å². The Morgan fingerprint density at radius 1 is 0.394 bits per heavy atom. The van der Waals surface area contributed by atoms with Gasteiger partial charge < -0.3 is 36.7 Å². The lowest BCUT2D eigenvalue weighted by molar-refractivity contribution is -0.105. The van der Waals surface area contributed by atoms with Crippen LogP contribution in [-0.2, 0) is 36.7 Å². The van der Waals surface area contributed by atoms with Gasteiger partial charge in [0.1, 0.15) is 0 Å². The minimum Gasteiger partial charge on any atom is -0.376 e. The first kappa shape index (κ1) is 32.9. The molecule has 0 fully saturated rings. The topological polar surface area (TPSA) is 73.8 Å². The van der Waals surface area contributed by atoms with Gasteiger partial charge >= 0.3 is 9.05 Å². The van der Waals surface area contributed by atoms with E-state index in [0.29, 0.717) is 52.9 Å². The molecule has 0 rings (SSSR count). The second kappa shape index (κ2) is 21.2. The van der Waals surface area contributed by atoms with Crippen LogP contribution in [0.25, 0.3) is 0 Å². The Morgan fingerprint density at radius 2 is 0.606 bits per heavy atom. The van der Waals surface area contributed by atoms with Crippen LogP contribution in [0.4, 0.5) is 0 Å². The molecule has 0 bridgehead atoms. The first-order valence-corrected chi connectivity index (χ1v) is 14.6. The van der Waals surface area contributed by atoms with E-state index >= 15 is 0 Å². The second-order valence-electron chi connectivity index (χ2n) is 7.69. The van der Waals surface area contributed by atoms with Crippen LogP contribution in [0.1, 0.15) is 81.1 Å². The van der Waals surface area contributed by atoms with E-state index < -0.39 is 9.05 Å². The van der Waals surface area contributed by atoms with Gasteiger partial charge in [0.2, 0.25) is 0 Å². The summed E-state index contributed by atoms with van der Waals surface area (Å²) in [7, 11) is -3.55. The molecule has 9 heteroatoms. The maximum atomic E-state index is 6.34. The van der Waals surface area contributed by atoms with Crippen molar-refractivity contribution >= 4 is 9.05 Å². The number of hydrogen-bond acceptors (Lipinski definition) is 8. The van der Waals surface area contributed by atoms with Gasteiger partial charge in [0.05, 0.1) is 50.8 Å². The predicted octanol–water partition coefficient (Wildman–Crippen LogP) is 4.75. The third-order valence-corrected chi connectivity index (χ3v) is 7.30. The Balaban J connectivity index is 5.67. The molecule has 0 aliphatic rings. The van der Waals surface area contributed by atoms with Gasteiger partial charge in [-0.05, 0) is 53.4 Å². The van der Waals surface area contributed by atoms with Crippen LogP contribution in [0.15, 0.2) is 0 Å². The summed E-state index contributed by atoms with van der Waals surface area (Å²) in [6, 6.07) is 0. The standard InChI is InChI=1S/C24H52O8Si/c1-9-21(25-13-5)17-29-33(30-18-22(10-2)26-14-6,31-19-23(11-3)27-15-7)32-20-24(12-4)28-16-8/h21-24H,9-20H2,1-8H3. The van der Waals surface area contributed by atoms with Gasteiger partial charge in [-0.2, -0.15) is 0 Å². The molecule has 0 spiro atoms. The van der Waals surface area contributed by atoms with E-state index in [9.17, 15) is 0 Å². The highest BCUT2D eigenvalue weighted by Gasteiger charge is 2.48. The van der Waals surface area contributed by atoms with Crippen LogP contribution in [-0.4, -0.2) is 86.3 Å². The average molecular weight is 497 g/mol. The summed E-state index contributed by atoms with van der Waals surface area (Å²) in [4.78, 5) is 0. The van der Waals surface area contributed by atoms with Crippen molar-refractivity contribution in [1.82, 2.24) is 0 Å². The molecule has 0 saturated carbocycles. The monoisotopic (exact) mass is 496 g/mol. The summed E-state index contributed by atoms with van der Waals surface area (Å²) in [5.41, 5.74) is 0. The predicted molar refractivity (Wildman–Crippen MR) is 132 cm³/mol. The average Bonchev–Trinajstić information content (AvgIpc) is 2.84. The lowest BCUT2D eigenvalue weighted by atomic mass is 10.3. The smallest absolute Gasteiger partial charge is 0.376 e. The molecule has 0 aliphatic heterocycles. The molecule has 0 aromatic carbocycles. The summed E-state index contributed by atoms with van der Waals surface area (Å²) < 4.78 is 48.5. The van der Waals surface area contributed by atoms with E-state index in [2.05, 4.69) is 27.7 Å². The fourth-order valence-electron chi connectivity index (χ4n) is 3.11. The van der Waals surface area contributed by atoms with Crippen LogP contribution >= 0.6 is 0 Å². The third-order valence-electron chi connectivity index (χ3n) is 5.21. The third kappa shape index (κ3) is 14.8. The highest BCUT2D eigenvalue weighted by atomic mass is 28.4. The molecule has 4 atom stereocenters. The Bertz CT molecular complexity index is 352. The summed E-state index contributed by atoms with van der Waals surface area (Å²) in [5.74, 6) is 0. The summed E-state index contributed by atoms with van der Waals surface area (Å²) in [5, 5.41) is 0. The fraction of sp³-hybridized carbons (Fsp3) is 1.00. The molecular formula is C24H52O8Si. The SMILES string of the molecule is CCOC(CC)CO[Si](OCC(CC)OCC)(OCC(CC)OCC)OCC(CC)OCC. The van der Waals surface area contributed by atoms with E-state index in [1.165, 1.54) is 0 Å². The maximum Gasteiger partial charge on any atom is 0.680 e. The van der Waals surface area contributed by atoms with Gasteiger partial charge in [-0.1, -0.05) is 27.7 Å². The van der Waals surface area contributed by atoms with Crippen molar-refractivity contribution in [2.45, 2.75) is 105 Å². The number of rotatable bonds is 24. The van der Waals surface area contributed by atoms with Crippen molar-refractivity contribution in [1.29, 1.82) is 0 Å². The summed E-state index contributed by atoms with van der Waals surface area (Å²) in [6.07, 6.45) is 3.04.